The Morgan fingerprint density at radius 1 is 1.12 bits per heavy atom. The Morgan fingerprint density at radius 3 is 2.48 bits per heavy atom. The average molecular weight is 345 g/mol. The van der Waals surface area contributed by atoms with E-state index < -0.39 is 0 Å². The van der Waals surface area contributed by atoms with Crippen molar-refractivity contribution >= 4 is 0 Å². The van der Waals surface area contributed by atoms with Crippen molar-refractivity contribution in [2.75, 3.05) is 0 Å². The van der Waals surface area contributed by atoms with Crippen LogP contribution in [0.5, 0.6) is 0 Å². The van der Waals surface area contributed by atoms with Gasteiger partial charge >= 0.3 is 0 Å². The molecule has 144 valence electrons. The van der Waals surface area contributed by atoms with Crippen molar-refractivity contribution in [3.8, 4) is 0 Å². The van der Waals surface area contributed by atoms with Crippen LogP contribution in [-0.4, -0.2) is 0 Å². The molecule has 0 spiro atoms. The van der Waals surface area contributed by atoms with Gasteiger partial charge in [0, 0.05) is 0 Å². The van der Waals surface area contributed by atoms with Crippen LogP contribution in [-0.2, 0) is 0 Å². The predicted molar refractivity (Wildman–Crippen MR) is 110 cm³/mol. The second-order valence-corrected chi connectivity index (χ2v) is 10.8. The molecule has 3 aliphatic carbocycles. The van der Waals surface area contributed by atoms with Crippen LogP contribution in [0.4, 0.5) is 0 Å². The third-order valence-corrected chi connectivity index (χ3v) is 10.1. The van der Waals surface area contributed by atoms with Gasteiger partial charge in [-0.15, -0.1) is 6.58 Å². The van der Waals surface area contributed by atoms with E-state index in [2.05, 4.69) is 54.2 Å². The molecule has 0 heteroatoms. The van der Waals surface area contributed by atoms with E-state index in [1.54, 1.807) is 0 Å². The van der Waals surface area contributed by atoms with Gasteiger partial charge in [0.25, 0.3) is 0 Å². The summed E-state index contributed by atoms with van der Waals surface area (Å²) in [5.74, 6) is 6.45. The third kappa shape index (κ3) is 3.04. The van der Waals surface area contributed by atoms with Gasteiger partial charge in [0.05, 0.1) is 0 Å². The van der Waals surface area contributed by atoms with E-state index in [1.807, 2.05) is 0 Å². The van der Waals surface area contributed by atoms with Crippen LogP contribution in [0.2, 0.25) is 0 Å². The number of hydrogen-bond donors (Lipinski definition) is 0. The van der Waals surface area contributed by atoms with Gasteiger partial charge in [0.15, 0.2) is 0 Å². The van der Waals surface area contributed by atoms with Gasteiger partial charge in [-0.05, 0) is 97.2 Å². The predicted octanol–water partition coefficient (Wildman–Crippen LogP) is 7.74. The maximum atomic E-state index is 4.04. The zero-order valence-corrected chi connectivity index (χ0v) is 18.0. The molecule has 9 unspecified atom stereocenters. The highest BCUT2D eigenvalue weighted by atomic mass is 14.6. The van der Waals surface area contributed by atoms with Crippen LogP contribution in [0.3, 0.4) is 0 Å². The molecule has 0 bridgehead atoms. The first kappa shape index (κ1) is 19.5. The van der Waals surface area contributed by atoms with Crippen LogP contribution >= 0.6 is 0 Å². The largest absolute Gasteiger partial charge is 0.103 e. The van der Waals surface area contributed by atoms with Crippen molar-refractivity contribution in [3.63, 3.8) is 0 Å². The third-order valence-electron chi connectivity index (χ3n) is 10.1. The summed E-state index contributed by atoms with van der Waals surface area (Å²) in [6, 6.07) is 0. The summed E-state index contributed by atoms with van der Waals surface area (Å²) in [4.78, 5) is 0. The van der Waals surface area contributed by atoms with E-state index in [-0.39, 0.29) is 0 Å². The fourth-order valence-electron chi connectivity index (χ4n) is 7.72. The van der Waals surface area contributed by atoms with Crippen molar-refractivity contribution < 1.29 is 0 Å². The van der Waals surface area contributed by atoms with E-state index in [1.165, 1.54) is 51.4 Å². The molecule has 0 aromatic rings. The first-order valence-electron chi connectivity index (χ1n) is 11.4. The molecule has 3 aliphatic rings. The van der Waals surface area contributed by atoms with Gasteiger partial charge in [-0.25, -0.2) is 0 Å². The molecule has 3 rings (SSSR count). The van der Waals surface area contributed by atoms with Crippen LogP contribution in [0.1, 0.15) is 92.9 Å². The smallest absolute Gasteiger partial charge is 0.0264 e. The SMILES string of the molecule is C=CC(C)CCC1(C)C(C)C(CC)CC2C3CCC(C)C3(C)CCC21. The summed E-state index contributed by atoms with van der Waals surface area (Å²) < 4.78 is 0. The molecule has 3 saturated carbocycles. The van der Waals surface area contributed by atoms with Crippen molar-refractivity contribution in [2.24, 2.45) is 52.3 Å². The highest BCUT2D eigenvalue weighted by Crippen LogP contribution is 2.67. The molecule has 0 amide bonds. The number of allylic oxidation sites excluding steroid dienone is 1. The zero-order valence-electron chi connectivity index (χ0n) is 18.0. The fraction of sp³-hybridized carbons (Fsp3) is 0.920. The summed E-state index contributed by atoms with van der Waals surface area (Å²) >= 11 is 0. The molecule has 0 aromatic heterocycles. The van der Waals surface area contributed by atoms with Crippen molar-refractivity contribution in [1.29, 1.82) is 0 Å². The second kappa shape index (κ2) is 7.05. The molecular formula is C25H44. The average Bonchev–Trinajstić information content (AvgIpc) is 2.91. The minimum absolute atomic E-state index is 0.550. The summed E-state index contributed by atoms with van der Waals surface area (Å²) in [5.41, 5.74) is 1.20. The molecule has 0 saturated heterocycles. The molecule has 3 fully saturated rings. The number of fused-ring (bicyclic) bond motifs is 3. The van der Waals surface area contributed by atoms with Gasteiger partial charge in [0.1, 0.15) is 0 Å². The Morgan fingerprint density at radius 2 is 1.84 bits per heavy atom. The molecule has 0 N–H and O–H groups in total. The van der Waals surface area contributed by atoms with Gasteiger partial charge < -0.3 is 0 Å². The lowest BCUT2D eigenvalue weighted by Crippen LogP contribution is -2.53. The first-order chi connectivity index (χ1) is 11.8. The van der Waals surface area contributed by atoms with Gasteiger partial charge in [-0.1, -0.05) is 54.0 Å². The van der Waals surface area contributed by atoms with Crippen molar-refractivity contribution in [1.82, 2.24) is 0 Å². The lowest BCUT2D eigenvalue weighted by Gasteiger charge is -2.61. The Labute approximate surface area is 158 Å². The Hall–Kier alpha value is -0.260. The molecule has 0 nitrogen and oxygen atoms in total. The lowest BCUT2D eigenvalue weighted by atomic mass is 9.44. The van der Waals surface area contributed by atoms with E-state index in [9.17, 15) is 0 Å². The highest BCUT2D eigenvalue weighted by Gasteiger charge is 2.59. The van der Waals surface area contributed by atoms with E-state index >= 15 is 0 Å². The maximum Gasteiger partial charge on any atom is -0.0264 e. The monoisotopic (exact) mass is 344 g/mol. The van der Waals surface area contributed by atoms with Crippen LogP contribution < -0.4 is 0 Å². The fourth-order valence-corrected chi connectivity index (χ4v) is 7.72. The van der Waals surface area contributed by atoms with Gasteiger partial charge in [-0.3, -0.25) is 0 Å². The Kier molecular flexibility index (Phi) is 5.50. The molecule has 25 heavy (non-hydrogen) atoms. The van der Waals surface area contributed by atoms with Crippen molar-refractivity contribution in [2.45, 2.75) is 92.9 Å². The van der Waals surface area contributed by atoms with Crippen LogP contribution in [0.15, 0.2) is 12.7 Å². The molecule has 0 aromatic carbocycles. The summed E-state index contributed by atoms with van der Waals surface area (Å²) in [6.07, 6.45) is 13.8. The summed E-state index contributed by atoms with van der Waals surface area (Å²) in [7, 11) is 0. The van der Waals surface area contributed by atoms with Crippen molar-refractivity contribution in [3.05, 3.63) is 12.7 Å². The summed E-state index contributed by atoms with van der Waals surface area (Å²) in [5, 5.41) is 0. The summed E-state index contributed by atoms with van der Waals surface area (Å²) in [6.45, 7) is 19.3. The maximum absolute atomic E-state index is 4.04. The zero-order chi connectivity index (χ0) is 18.4. The Balaban J connectivity index is 1.89. The first-order valence-corrected chi connectivity index (χ1v) is 11.4. The molecule has 0 heterocycles. The quantitative estimate of drug-likeness (QED) is 0.447. The molecule has 9 atom stereocenters. The topological polar surface area (TPSA) is 0 Å². The number of rotatable bonds is 5. The van der Waals surface area contributed by atoms with E-state index in [4.69, 9.17) is 0 Å². The number of hydrogen-bond acceptors (Lipinski definition) is 0. The lowest BCUT2D eigenvalue weighted by molar-refractivity contribution is -0.119. The standard InChI is InChI=1S/C25H44/c1-8-17(3)12-14-25(7)19(5)20(9-2)16-21-22-11-10-18(4)24(22,6)15-13-23(21)25/h8,17-23H,1,9-16H2,2-7H3. The van der Waals surface area contributed by atoms with Crippen LogP contribution in [0.25, 0.3) is 0 Å². The molecule has 0 aliphatic heterocycles. The van der Waals surface area contributed by atoms with Crippen LogP contribution in [0, 0.1) is 52.3 Å². The van der Waals surface area contributed by atoms with Gasteiger partial charge in [-0.2, -0.15) is 0 Å². The van der Waals surface area contributed by atoms with E-state index in [0.717, 1.165) is 35.5 Å². The molecule has 0 radical (unpaired) electrons. The Bertz CT molecular complexity index is 478. The minimum atomic E-state index is 0.550. The minimum Gasteiger partial charge on any atom is -0.103 e. The molecular weight excluding hydrogens is 300 g/mol. The normalized spacial score (nSPS) is 50.8. The van der Waals surface area contributed by atoms with E-state index in [0.29, 0.717) is 16.7 Å². The highest BCUT2D eigenvalue weighted by molar-refractivity contribution is 5.08. The second-order valence-electron chi connectivity index (χ2n) is 10.8. The van der Waals surface area contributed by atoms with Gasteiger partial charge in [0.2, 0.25) is 0 Å².